The predicted octanol–water partition coefficient (Wildman–Crippen LogP) is 4.69. The molecule has 0 bridgehead atoms. The molecule has 1 atom stereocenters. The lowest BCUT2D eigenvalue weighted by Gasteiger charge is -2.16. The number of rotatable bonds is 7. The van der Waals surface area contributed by atoms with Crippen molar-refractivity contribution in [2.24, 2.45) is 0 Å². The van der Waals surface area contributed by atoms with Gasteiger partial charge in [-0.15, -0.1) is 11.3 Å². The zero-order valence-corrected chi connectivity index (χ0v) is 13.1. The third-order valence-corrected chi connectivity index (χ3v) is 4.67. The van der Waals surface area contributed by atoms with E-state index in [1.165, 1.54) is 10.9 Å². The zero-order valence-electron chi connectivity index (χ0n) is 11.5. The minimum absolute atomic E-state index is 0.187. The van der Waals surface area contributed by atoms with Gasteiger partial charge < -0.3 is 5.32 Å². The lowest BCUT2D eigenvalue weighted by molar-refractivity contribution is 0.501. The molecule has 1 heterocycles. The van der Waals surface area contributed by atoms with Crippen LogP contribution in [0.4, 0.5) is 4.39 Å². The third kappa shape index (κ3) is 4.58. The summed E-state index contributed by atoms with van der Waals surface area (Å²) in [6.07, 6.45) is 4.17. The highest BCUT2D eigenvalue weighted by atomic mass is 35.5. The highest BCUT2D eigenvalue weighted by Gasteiger charge is 2.09. The fourth-order valence-corrected chi connectivity index (χ4v) is 3.15. The maximum absolute atomic E-state index is 13.4. The van der Waals surface area contributed by atoms with Gasteiger partial charge in [-0.25, -0.2) is 4.39 Å². The summed E-state index contributed by atoms with van der Waals surface area (Å²) in [4.78, 5) is 1.43. The molecule has 0 saturated heterocycles. The van der Waals surface area contributed by atoms with Crippen LogP contribution in [0.1, 0.15) is 23.3 Å². The van der Waals surface area contributed by atoms with Crippen LogP contribution in [0.3, 0.4) is 0 Å². The predicted molar refractivity (Wildman–Crippen MR) is 85.2 cm³/mol. The molecule has 0 saturated carbocycles. The first-order valence-corrected chi connectivity index (χ1v) is 8.08. The molecule has 2 rings (SSSR count). The summed E-state index contributed by atoms with van der Waals surface area (Å²) in [6.45, 7) is 0. The normalized spacial score (nSPS) is 12.6. The van der Waals surface area contributed by atoms with Crippen molar-refractivity contribution in [3.8, 4) is 0 Å². The van der Waals surface area contributed by atoms with Crippen molar-refractivity contribution in [2.45, 2.75) is 31.7 Å². The number of nitrogens with one attached hydrogen (secondary N) is 1. The van der Waals surface area contributed by atoms with Gasteiger partial charge in [0.2, 0.25) is 0 Å². The summed E-state index contributed by atoms with van der Waals surface area (Å²) >= 11 is 7.51. The molecule has 0 fully saturated rings. The van der Waals surface area contributed by atoms with E-state index in [0.717, 1.165) is 31.2 Å². The lowest BCUT2D eigenvalue weighted by Crippen LogP contribution is -2.27. The van der Waals surface area contributed by atoms with Crippen LogP contribution in [0.2, 0.25) is 5.02 Å². The van der Waals surface area contributed by atoms with Gasteiger partial charge in [0.05, 0.1) is 5.02 Å². The molecule has 1 aromatic carbocycles. The number of thiophene rings is 1. The number of likely N-dealkylation sites (N-methyl/N-ethyl adjacent to an activating group) is 1. The molecule has 1 aromatic heterocycles. The van der Waals surface area contributed by atoms with E-state index in [2.05, 4.69) is 22.8 Å². The molecular weight excluding hydrogens is 293 g/mol. The SMILES string of the molecule is CNC(CCCc1cccs1)Cc1ccc(Cl)c(F)c1. The molecule has 0 radical (unpaired) electrons. The van der Waals surface area contributed by atoms with E-state index < -0.39 is 0 Å². The fraction of sp³-hybridized carbons (Fsp3) is 0.375. The average Bonchev–Trinajstić information content (AvgIpc) is 2.95. The number of hydrogen-bond acceptors (Lipinski definition) is 2. The van der Waals surface area contributed by atoms with Crippen molar-refractivity contribution in [1.82, 2.24) is 5.32 Å². The lowest BCUT2D eigenvalue weighted by atomic mass is 10.0. The largest absolute Gasteiger partial charge is 0.317 e. The number of benzene rings is 1. The van der Waals surface area contributed by atoms with E-state index in [1.807, 2.05) is 13.1 Å². The maximum atomic E-state index is 13.4. The molecule has 0 amide bonds. The van der Waals surface area contributed by atoms with Crippen LogP contribution in [0.25, 0.3) is 0 Å². The van der Waals surface area contributed by atoms with Crippen LogP contribution in [-0.4, -0.2) is 13.1 Å². The van der Waals surface area contributed by atoms with Crippen LogP contribution in [0, 0.1) is 5.82 Å². The number of halogens is 2. The van der Waals surface area contributed by atoms with Gasteiger partial charge in [0.1, 0.15) is 5.82 Å². The van der Waals surface area contributed by atoms with Gasteiger partial charge in [0.25, 0.3) is 0 Å². The summed E-state index contributed by atoms with van der Waals surface area (Å²) in [5, 5.41) is 5.61. The summed E-state index contributed by atoms with van der Waals surface area (Å²) in [5.74, 6) is -0.336. The topological polar surface area (TPSA) is 12.0 Å². The van der Waals surface area contributed by atoms with Gasteiger partial charge in [-0.2, -0.15) is 0 Å². The molecule has 0 spiro atoms. The summed E-state index contributed by atoms with van der Waals surface area (Å²) in [6, 6.07) is 9.70. The van der Waals surface area contributed by atoms with Crippen molar-refractivity contribution in [2.75, 3.05) is 7.05 Å². The molecule has 1 nitrogen and oxygen atoms in total. The Kier molecular flexibility index (Phi) is 6.02. The van der Waals surface area contributed by atoms with Crippen LogP contribution in [-0.2, 0) is 12.8 Å². The molecule has 1 unspecified atom stereocenters. The van der Waals surface area contributed by atoms with Crippen LogP contribution in [0.5, 0.6) is 0 Å². The minimum atomic E-state index is -0.336. The van der Waals surface area contributed by atoms with Gasteiger partial charge in [0.15, 0.2) is 0 Å². The fourth-order valence-electron chi connectivity index (χ4n) is 2.28. The minimum Gasteiger partial charge on any atom is -0.317 e. The Morgan fingerprint density at radius 1 is 1.35 bits per heavy atom. The molecule has 108 valence electrons. The molecule has 0 aliphatic carbocycles. The summed E-state index contributed by atoms with van der Waals surface area (Å²) in [7, 11) is 1.96. The first-order chi connectivity index (χ1) is 9.69. The molecule has 4 heteroatoms. The molecule has 2 aromatic rings. The van der Waals surface area contributed by atoms with Crippen LogP contribution in [0.15, 0.2) is 35.7 Å². The van der Waals surface area contributed by atoms with E-state index in [1.54, 1.807) is 17.4 Å². The molecular formula is C16H19ClFNS. The Hall–Kier alpha value is -0.900. The van der Waals surface area contributed by atoms with E-state index in [9.17, 15) is 4.39 Å². The van der Waals surface area contributed by atoms with Crippen molar-refractivity contribution < 1.29 is 4.39 Å². The molecule has 20 heavy (non-hydrogen) atoms. The highest BCUT2D eigenvalue weighted by Crippen LogP contribution is 2.18. The van der Waals surface area contributed by atoms with Crippen molar-refractivity contribution in [3.05, 3.63) is 57.0 Å². The molecule has 0 aliphatic rings. The maximum Gasteiger partial charge on any atom is 0.142 e. The van der Waals surface area contributed by atoms with Crippen molar-refractivity contribution >= 4 is 22.9 Å². The number of aryl methyl sites for hydroxylation is 1. The zero-order chi connectivity index (χ0) is 14.4. The van der Waals surface area contributed by atoms with Gasteiger partial charge in [-0.1, -0.05) is 23.7 Å². The standard InChI is InChI=1S/C16H19ClFNS/c1-19-13(4-2-5-14-6-3-9-20-14)10-12-7-8-15(17)16(18)11-12/h3,6-9,11,13,19H,2,4-5,10H2,1H3. The van der Waals surface area contributed by atoms with Gasteiger partial charge in [-0.3, -0.25) is 0 Å². The Morgan fingerprint density at radius 2 is 2.20 bits per heavy atom. The molecule has 1 N–H and O–H groups in total. The van der Waals surface area contributed by atoms with Gasteiger partial charge in [-0.05, 0) is 61.9 Å². The second-order valence-corrected chi connectivity index (χ2v) is 6.35. The van der Waals surface area contributed by atoms with E-state index in [4.69, 9.17) is 11.6 Å². The van der Waals surface area contributed by atoms with E-state index >= 15 is 0 Å². The smallest absolute Gasteiger partial charge is 0.142 e. The Labute approximate surface area is 128 Å². The summed E-state index contributed by atoms with van der Waals surface area (Å²) in [5.41, 5.74) is 0.988. The van der Waals surface area contributed by atoms with Crippen LogP contribution < -0.4 is 5.32 Å². The van der Waals surface area contributed by atoms with Gasteiger partial charge in [0, 0.05) is 10.9 Å². The Balaban J connectivity index is 1.83. The quantitative estimate of drug-likeness (QED) is 0.782. The first kappa shape index (κ1) is 15.5. The number of hydrogen-bond donors (Lipinski definition) is 1. The Bertz CT molecular complexity index is 527. The third-order valence-electron chi connectivity index (χ3n) is 3.43. The van der Waals surface area contributed by atoms with Crippen molar-refractivity contribution in [1.29, 1.82) is 0 Å². The highest BCUT2D eigenvalue weighted by molar-refractivity contribution is 7.09. The van der Waals surface area contributed by atoms with E-state index in [0.29, 0.717) is 6.04 Å². The van der Waals surface area contributed by atoms with Gasteiger partial charge >= 0.3 is 0 Å². The van der Waals surface area contributed by atoms with Crippen LogP contribution >= 0.6 is 22.9 Å². The second-order valence-electron chi connectivity index (χ2n) is 4.91. The molecule has 0 aliphatic heterocycles. The second kappa shape index (κ2) is 7.77. The van der Waals surface area contributed by atoms with Crippen molar-refractivity contribution in [3.63, 3.8) is 0 Å². The monoisotopic (exact) mass is 311 g/mol. The Morgan fingerprint density at radius 3 is 2.85 bits per heavy atom. The van der Waals surface area contributed by atoms with E-state index in [-0.39, 0.29) is 10.8 Å². The summed E-state index contributed by atoms with van der Waals surface area (Å²) < 4.78 is 13.4. The average molecular weight is 312 g/mol. The first-order valence-electron chi connectivity index (χ1n) is 6.82.